The summed E-state index contributed by atoms with van der Waals surface area (Å²) in [7, 11) is 0. The van der Waals surface area contributed by atoms with Crippen molar-refractivity contribution in [3.8, 4) is 0 Å². The molecular weight excluding hydrogens is 112 g/mol. The summed E-state index contributed by atoms with van der Waals surface area (Å²) in [5, 5.41) is 0. The zero-order chi connectivity index (χ0) is 6.95. The van der Waals surface area contributed by atoms with Crippen molar-refractivity contribution < 1.29 is 4.79 Å². The highest BCUT2D eigenvalue weighted by molar-refractivity contribution is 5.65. The summed E-state index contributed by atoms with van der Waals surface area (Å²) in [5.41, 5.74) is 0. The molecule has 0 heterocycles. The summed E-state index contributed by atoms with van der Waals surface area (Å²) >= 11 is 0. The second-order valence-corrected chi connectivity index (χ2v) is 1.64. The first-order valence-corrected chi connectivity index (χ1v) is 3.09. The van der Waals surface area contributed by atoms with Crippen LogP contribution in [0.15, 0.2) is 24.3 Å². The number of allylic oxidation sites excluding steroid dienone is 4. The lowest BCUT2D eigenvalue weighted by Gasteiger charge is -1.76. The van der Waals surface area contributed by atoms with Crippen LogP contribution in [0.4, 0.5) is 0 Å². The first-order valence-electron chi connectivity index (χ1n) is 3.09. The van der Waals surface area contributed by atoms with Gasteiger partial charge in [-0.3, -0.25) is 4.79 Å². The van der Waals surface area contributed by atoms with Gasteiger partial charge in [0.2, 0.25) is 6.29 Å². The molecule has 0 N–H and O–H groups in total. The van der Waals surface area contributed by atoms with Crippen LogP contribution in [-0.4, -0.2) is 6.29 Å². The molecule has 0 aliphatic carbocycles. The molecule has 49 valence electrons. The summed E-state index contributed by atoms with van der Waals surface area (Å²) < 4.78 is 0. The van der Waals surface area contributed by atoms with Gasteiger partial charge in [-0.15, -0.1) is 0 Å². The molecule has 0 bridgehead atoms. The second-order valence-electron chi connectivity index (χ2n) is 1.64. The SMILES string of the molecule is CCC=CCC=C[C]=O. The standard InChI is InChI=1S/C8H11O/c1-2-3-4-5-6-7-8-9/h3-4,6-7H,2,5H2,1H3. The van der Waals surface area contributed by atoms with E-state index in [2.05, 4.69) is 13.0 Å². The van der Waals surface area contributed by atoms with Gasteiger partial charge in [0.05, 0.1) is 0 Å². The Morgan fingerprint density at radius 3 is 2.67 bits per heavy atom. The van der Waals surface area contributed by atoms with Crippen molar-refractivity contribution in [2.24, 2.45) is 0 Å². The highest BCUT2D eigenvalue weighted by Gasteiger charge is 1.68. The van der Waals surface area contributed by atoms with Gasteiger partial charge in [0.15, 0.2) is 0 Å². The van der Waals surface area contributed by atoms with Crippen LogP contribution in [0.25, 0.3) is 0 Å². The summed E-state index contributed by atoms with van der Waals surface area (Å²) in [6.07, 6.45) is 10.8. The van der Waals surface area contributed by atoms with Crippen molar-refractivity contribution >= 4 is 6.29 Å². The van der Waals surface area contributed by atoms with E-state index in [4.69, 9.17) is 0 Å². The number of carbonyl (C=O) groups excluding carboxylic acids is 1. The van der Waals surface area contributed by atoms with E-state index < -0.39 is 0 Å². The van der Waals surface area contributed by atoms with E-state index in [0.717, 1.165) is 12.8 Å². The fourth-order valence-electron chi connectivity index (χ4n) is 0.458. The minimum Gasteiger partial charge on any atom is -0.286 e. The highest BCUT2D eigenvalue weighted by atomic mass is 16.1. The molecule has 1 nitrogen and oxygen atoms in total. The summed E-state index contributed by atoms with van der Waals surface area (Å²) in [6.45, 7) is 2.08. The van der Waals surface area contributed by atoms with E-state index in [1.54, 1.807) is 12.4 Å². The van der Waals surface area contributed by atoms with Gasteiger partial charge in [-0.05, 0) is 18.9 Å². The summed E-state index contributed by atoms with van der Waals surface area (Å²) in [5.74, 6) is 0. The molecule has 0 atom stereocenters. The quantitative estimate of drug-likeness (QED) is 0.413. The largest absolute Gasteiger partial charge is 0.286 e. The Bertz CT molecular complexity index is 112. The predicted octanol–water partition coefficient (Wildman–Crippen LogP) is 2.01. The third-order valence-electron chi connectivity index (χ3n) is 0.860. The van der Waals surface area contributed by atoms with Gasteiger partial charge < -0.3 is 0 Å². The Hall–Kier alpha value is -0.850. The molecule has 0 saturated carbocycles. The minimum absolute atomic E-state index is 0.836. The maximum absolute atomic E-state index is 9.60. The molecule has 1 radical (unpaired) electrons. The van der Waals surface area contributed by atoms with Gasteiger partial charge >= 0.3 is 0 Å². The molecule has 0 aliphatic heterocycles. The van der Waals surface area contributed by atoms with Gasteiger partial charge in [-0.2, -0.15) is 0 Å². The fraction of sp³-hybridized carbons (Fsp3) is 0.375. The lowest BCUT2D eigenvalue weighted by molar-refractivity contribution is 0.564. The van der Waals surface area contributed by atoms with Crippen molar-refractivity contribution in [1.82, 2.24) is 0 Å². The zero-order valence-corrected chi connectivity index (χ0v) is 5.63. The molecule has 0 fully saturated rings. The zero-order valence-electron chi connectivity index (χ0n) is 5.63. The Morgan fingerprint density at radius 2 is 2.11 bits per heavy atom. The van der Waals surface area contributed by atoms with Gasteiger partial charge in [-0.25, -0.2) is 0 Å². The van der Waals surface area contributed by atoms with Crippen molar-refractivity contribution in [3.05, 3.63) is 24.3 Å². The number of hydrogen-bond acceptors (Lipinski definition) is 1. The first kappa shape index (κ1) is 8.15. The molecular formula is C8H11O. The van der Waals surface area contributed by atoms with Crippen LogP contribution in [0.1, 0.15) is 19.8 Å². The molecule has 1 heteroatoms. The lowest BCUT2D eigenvalue weighted by Crippen LogP contribution is -1.60. The van der Waals surface area contributed by atoms with Crippen LogP contribution < -0.4 is 0 Å². The lowest BCUT2D eigenvalue weighted by atomic mass is 10.3. The number of rotatable bonds is 4. The topological polar surface area (TPSA) is 17.1 Å². The first-order chi connectivity index (χ1) is 4.41. The maximum atomic E-state index is 9.60. The third-order valence-corrected chi connectivity index (χ3v) is 0.860. The van der Waals surface area contributed by atoms with E-state index in [0.29, 0.717) is 0 Å². The number of hydrogen-bond donors (Lipinski definition) is 0. The molecule has 9 heavy (non-hydrogen) atoms. The fourth-order valence-corrected chi connectivity index (χ4v) is 0.458. The van der Waals surface area contributed by atoms with Gasteiger partial charge in [0, 0.05) is 0 Å². The molecule has 0 aliphatic rings. The molecule has 0 aromatic rings. The van der Waals surface area contributed by atoms with Crippen molar-refractivity contribution in [2.75, 3.05) is 0 Å². The molecule has 0 unspecified atom stereocenters. The van der Waals surface area contributed by atoms with E-state index in [1.807, 2.05) is 6.08 Å². The molecule has 0 aromatic heterocycles. The van der Waals surface area contributed by atoms with E-state index in [-0.39, 0.29) is 0 Å². The molecule has 0 aromatic carbocycles. The molecule has 0 spiro atoms. The van der Waals surface area contributed by atoms with Gasteiger partial charge in [0.1, 0.15) is 0 Å². The average Bonchev–Trinajstić information content (AvgIpc) is 1.89. The van der Waals surface area contributed by atoms with Crippen LogP contribution in [0, 0.1) is 0 Å². The van der Waals surface area contributed by atoms with Gasteiger partial charge in [-0.1, -0.05) is 25.2 Å². The monoisotopic (exact) mass is 123 g/mol. The van der Waals surface area contributed by atoms with E-state index >= 15 is 0 Å². The Labute approximate surface area is 56.1 Å². The molecule has 0 amide bonds. The van der Waals surface area contributed by atoms with Crippen molar-refractivity contribution in [2.45, 2.75) is 19.8 Å². The van der Waals surface area contributed by atoms with Gasteiger partial charge in [0.25, 0.3) is 0 Å². The van der Waals surface area contributed by atoms with E-state index in [1.165, 1.54) is 6.08 Å². The third kappa shape index (κ3) is 7.15. The second kappa shape index (κ2) is 7.15. The van der Waals surface area contributed by atoms with Crippen molar-refractivity contribution in [1.29, 1.82) is 0 Å². The predicted molar refractivity (Wildman–Crippen MR) is 38.9 cm³/mol. The van der Waals surface area contributed by atoms with E-state index in [9.17, 15) is 4.79 Å². The minimum atomic E-state index is 0.836. The highest BCUT2D eigenvalue weighted by Crippen LogP contribution is 1.86. The molecule has 0 saturated heterocycles. The Balaban J connectivity index is 3.17. The van der Waals surface area contributed by atoms with Crippen LogP contribution in [0.3, 0.4) is 0 Å². The molecule has 0 rings (SSSR count). The Kier molecular flexibility index (Phi) is 6.47. The van der Waals surface area contributed by atoms with Crippen LogP contribution in [0.2, 0.25) is 0 Å². The van der Waals surface area contributed by atoms with Crippen LogP contribution in [0.5, 0.6) is 0 Å². The summed E-state index contributed by atoms with van der Waals surface area (Å²) in [6, 6.07) is 0. The van der Waals surface area contributed by atoms with Crippen molar-refractivity contribution in [3.63, 3.8) is 0 Å². The normalized spacial score (nSPS) is 11.2. The Morgan fingerprint density at radius 1 is 1.33 bits per heavy atom. The smallest absolute Gasteiger partial charge is 0.225 e. The van der Waals surface area contributed by atoms with Crippen LogP contribution in [-0.2, 0) is 4.79 Å². The average molecular weight is 123 g/mol. The maximum Gasteiger partial charge on any atom is 0.225 e. The summed E-state index contributed by atoms with van der Waals surface area (Å²) in [4.78, 5) is 9.60. The van der Waals surface area contributed by atoms with Crippen LogP contribution >= 0.6 is 0 Å².